The van der Waals surface area contributed by atoms with Crippen molar-refractivity contribution in [3.05, 3.63) is 17.0 Å². The number of ether oxygens (including phenoxy) is 1. The Morgan fingerprint density at radius 2 is 2.20 bits per heavy atom. The van der Waals surface area contributed by atoms with Crippen LogP contribution < -0.4 is 4.90 Å². The molecule has 4 nitrogen and oxygen atoms in total. The van der Waals surface area contributed by atoms with Gasteiger partial charge in [-0.3, -0.25) is 0 Å². The number of hydrogen-bond acceptors (Lipinski definition) is 4. The van der Waals surface area contributed by atoms with Gasteiger partial charge in [0, 0.05) is 25.6 Å². The standard InChI is InChI=1S/C15H22ClN3O/c1-11-17-9-12(16)14(18-11)19-8-4-7-15(10-19)6-3-5-13(15)20-2/h9,13H,3-8,10H2,1-2H3/t13-,15+/m1/s1. The van der Waals surface area contributed by atoms with Crippen molar-refractivity contribution in [3.8, 4) is 0 Å². The summed E-state index contributed by atoms with van der Waals surface area (Å²) in [6.07, 6.45) is 8.23. The third-order valence-corrected chi connectivity index (χ3v) is 5.13. The summed E-state index contributed by atoms with van der Waals surface area (Å²) in [5.74, 6) is 1.67. The zero-order valence-corrected chi connectivity index (χ0v) is 13.0. The van der Waals surface area contributed by atoms with Crippen LogP contribution in [-0.4, -0.2) is 36.3 Å². The first-order valence-corrected chi connectivity index (χ1v) is 7.79. The maximum absolute atomic E-state index is 6.30. The molecule has 0 N–H and O–H groups in total. The Morgan fingerprint density at radius 3 is 3.00 bits per heavy atom. The van der Waals surface area contributed by atoms with Crippen molar-refractivity contribution in [2.75, 3.05) is 25.1 Å². The van der Waals surface area contributed by atoms with Crippen LogP contribution in [-0.2, 0) is 4.74 Å². The van der Waals surface area contributed by atoms with E-state index in [1.165, 1.54) is 32.1 Å². The number of rotatable bonds is 2. The van der Waals surface area contributed by atoms with E-state index < -0.39 is 0 Å². The molecule has 110 valence electrons. The van der Waals surface area contributed by atoms with Crippen molar-refractivity contribution in [2.24, 2.45) is 5.41 Å². The largest absolute Gasteiger partial charge is 0.381 e. The maximum Gasteiger partial charge on any atom is 0.151 e. The molecule has 2 aliphatic rings. The van der Waals surface area contributed by atoms with E-state index in [1.807, 2.05) is 14.0 Å². The predicted octanol–water partition coefficient (Wildman–Crippen LogP) is 3.22. The van der Waals surface area contributed by atoms with Crippen LogP contribution in [0.15, 0.2) is 6.20 Å². The molecule has 0 bridgehead atoms. The molecule has 1 spiro atoms. The molecule has 1 aliphatic carbocycles. The van der Waals surface area contributed by atoms with Crippen LogP contribution in [0.2, 0.25) is 5.02 Å². The lowest BCUT2D eigenvalue weighted by atomic mass is 9.76. The number of nitrogens with zero attached hydrogens (tertiary/aromatic N) is 3. The molecule has 1 aliphatic heterocycles. The molecule has 2 atom stereocenters. The Hall–Kier alpha value is -0.870. The van der Waals surface area contributed by atoms with Crippen molar-refractivity contribution in [3.63, 3.8) is 0 Å². The fourth-order valence-electron chi connectivity index (χ4n) is 3.95. The minimum absolute atomic E-state index is 0.287. The summed E-state index contributed by atoms with van der Waals surface area (Å²) in [7, 11) is 1.85. The SMILES string of the molecule is CO[C@@H]1CCC[C@@]12CCCN(c1nc(C)ncc1Cl)C2. The minimum atomic E-state index is 0.287. The second kappa shape index (κ2) is 5.49. The molecule has 2 fully saturated rings. The molecule has 0 aromatic carbocycles. The molecule has 20 heavy (non-hydrogen) atoms. The van der Waals surface area contributed by atoms with Crippen molar-refractivity contribution < 1.29 is 4.74 Å². The van der Waals surface area contributed by atoms with E-state index >= 15 is 0 Å². The molecule has 1 aromatic heterocycles. The van der Waals surface area contributed by atoms with E-state index in [2.05, 4.69) is 14.9 Å². The van der Waals surface area contributed by atoms with Crippen LogP contribution in [0.5, 0.6) is 0 Å². The van der Waals surface area contributed by atoms with E-state index in [-0.39, 0.29) is 5.41 Å². The summed E-state index contributed by atoms with van der Waals surface area (Å²) in [6, 6.07) is 0. The molecule has 3 rings (SSSR count). The molecule has 1 aromatic rings. The number of aromatic nitrogens is 2. The molecule has 5 heteroatoms. The predicted molar refractivity (Wildman–Crippen MR) is 80.3 cm³/mol. The Bertz CT molecular complexity index is 496. The molecular formula is C15H22ClN3O. The highest BCUT2D eigenvalue weighted by Gasteiger charge is 2.46. The summed E-state index contributed by atoms with van der Waals surface area (Å²) in [5, 5.41) is 0.652. The zero-order chi connectivity index (χ0) is 14.2. The van der Waals surface area contributed by atoms with Crippen molar-refractivity contribution in [2.45, 2.75) is 45.1 Å². The smallest absolute Gasteiger partial charge is 0.151 e. The van der Waals surface area contributed by atoms with E-state index in [0.717, 1.165) is 24.7 Å². The first-order valence-electron chi connectivity index (χ1n) is 7.41. The summed E-state index contributed by atoms with van der Waals surface area (Å²) < 4.78 is 5.75. The van der Waals surface area contributed by atoms with Gasteiger partial charge in [-0.25, -0.2) is 9.97 Å². The fraction of sp³-hybridized carbons (Fsp3) is 0.733. The van der Waals surface area contributed by atoms with E-state index in [0.29, 0.717) is 11.1 Å². The Morgan fingerprint density at radius 1 is 1.40 bits per heavy atom. The van der Waals surface area contributed by atoms with Gasteiger partial charge in [0.1, 0.15) is 10.8 Å². The summed E-state index contributed by atoms with van der Waals surface area (Å²) in [5.41, 5.74) is 0.287. The minimum Gasteiger partial charge on any atom is -0.381 e. The summed E-state index contributed by atoms with van der Waals surface area (Å²) in [4.78, 5) is 11.0. The lowest BCUT2D eigenvalue weighted by molar-refractivity contribution is 0.00216. The lowest BCUT2D eigenvalue weighted by Crippen LogP contribution is -2.48. The van der Waals surface area contributed by atoms with Crippen LogP contribution in [0.3, 0.4) is 0 Å². The second-order valence-electron chi connectivity index (χ2n) is 6.09. The maximum atomic E-state index is 6.30. The van der Waals surface area contributed by atoms with E-state index in [1.54, 1.807) is 6.20 Å². The lowest BCUT2D eigenvalue weighted by Gasteiger charge is -2.44. The van der Waals surface area contributed by atoms with Crippen molar-refractivity contribution >= 4 is 17.4 Å². The van der Waals surface area contributed by atoms with Gasteiger partial charge in [-0.05, 0) is 32.6 Å². The highest BCUT2D eigenvalue weighted by atomic mass is 35.5. The highest BCUT2D eigenvalue weighted by Crippen LogP contribution is 2.47. The van der Waals surface area contributed by atoms with Gasteiger partial charge < -0.3 is 9.64 Å². The number of hydrogen-bond donors (Lipinski definition) is 0. The van der Waals surface area contributed by atoms with Crippen LogP contribution >= 0.6 is 11.6 Å². The molecule has 0 unspecified atom stereocenters. The van der Waals surface area contributed by atoms with Gasteiger partial charge in [0.15, 0.2) is 5.82 Å². The third kappa shape index (κ3) is 2.40. The molecule has 1 saturated heterocycles. The first-order chi connectivity index (χ1) is 9.64. The van der Waals surface area contributed by atoms with Gasteiger partial charge in [0.05, 0.1) is 12.3 Å². The van der Waals surface area contributed by atoms with E-state index in [4.69, 9.17) is 16.3 Å². The van der Waals surface area contributed by atoms with Crippen LogP contribution in [0, 0.1) is 12.3 Å². The van der Waals surface area contributed by atoms with Gasteiger partial charge in [-0.15, -0.1) is 0 Å². The average Bonchev–Trinajstić information content (AvgIpc) is 2.83. The molecule has 0 radical (unpaired) electrons. The Kier molecular flexibility index (Phi) is 3.87. The topological polar surface area (TPSA) is 38.2 Å². The van der Waals surface area contributed by atoms with Gasteiger partial charge in [-0.1, -0.05) is 18.0 Å². The summed E-state index contributed by atoms with van der Waals surface area (Å²) in [6.45, 7) is 3.93. The van der Waals surface area contributed by atoms with Crippen LogP contribution in [0.25, 0.3) is 0 Å². The molecular weight excluding hydrogens is 274 g/mol. The second-order valence-corrected chi connectivity index (χ2v) is 6.50. The third-order valence-electron chi connectivity index (χ3n) is 4.86. The van der Waals surface area contributed by atoms with Gasteiger partial charge in [0.2, 0.25) is 0 Å². The number of aryl methyl sites for hydroxylation is 1. The normalized spacial score (nSPS) is 30.1. The van der Waals surface area contributed by atoms with E-state index in [9.17, 15) is 0 Å². The number of halogens is 1. The van der Waals surface area contributed by atoms with Crippen molar-refractivity contribution in [1.82, 2.24) is 9.97 Å². The quantitative estimate of drug-likeness (QED) is 0.840. The number of anilines is 1. The number of piperidine rings is 1. The van der Waals surface area contributed by atoms with Crippen LogP contribution in [0.4, 0.5) is 5.82 Å². The van der Waals surface area contributed by atoms with Gasteiger partial charge >= 0.3 is 0 Å². The van der Waals surface area contributed by atoms with Gasteiger partial charge in [-0.2, -0.15) is 0 Å². The first kappa shape index (κ1) is 14.1. The van der Waals surface area contributed by atoms with Crippen molar-refractivity contribution in [1.29, 1.82) is 0 Å². The zero-order valence-electron chi connectivity index (χ0n) is 12.2. The number of methoxy groups -OCH3 is 1. The molecule has 2 heterocycles. The Labute approximate surface area is 125 Å². The fourth-order valence-corrected chi connectivity index (χ4v) is 4.16. The monoisotopic (exact) mass is 295 g/mol. The molecule has 1 saturated carbocycles. The molecule has 0 amide bonds. The summed E-state index contributed by atoms with van der Waals surface area (Å²) >= 11 is 6.30. The van der Waals surface area contributed by atoms with Crippen LogP contribution in [0.1, 0.15) is 37.9 Å². The van der Waals surface area contributed by atoms with Gasteiger partial charge in [0.25, 0.3) is 0 Å². The Balaban J connectivity index is 1.86. The average molecular weight is 296 g/mol. The highest BCUT2D eigenvalue weighted by molar-refractivity contribution is 6.32.